The lowest BCUT2D eigenvalue weighted by molar-refractivity contribution is -0.138. The van der Waals surface area contributed by atoms with Crippen molar-refractivity contribution in [1.82, 2.24) is 20.6 Å². The first-order valence-electron chi connectivity index (χ1n) is 11.8. The molecule has 3 rings (SSSR count). The van der Waals surface area contributed by atoms with Gasteiger partial charge in [0.05, 0.1) is 29.7 Å². The highest BCUT2D eigenvalue weighted by molar-refractivity contribution is 5.94. The Labute approximate surface area is 208 Å². The molecule has 1 aromatic heterocycles. The van der Waals surface area contributed by atoms with Crippen LogP contribution in [0.2, 0.25) is 0 Å². The Balaban J connectivity index is 1.32. The van der Waals surface area contributed by atoms with Crippen LogP contribution in [-0.4, -0.2) is 51.7 Å². The van der Waals surface area contributed by atoms with Crippen LogP contribution < -0.4 is 16.0 Å². The third-order valence-corrected chi connectivity index (χ3v) is 5.39. The molecule has 36 heavy (non-hydrogen) atoms. The summed E-state index contributed by atoms with van der Waals surface area (Å²) >= 11 is 0. The van der Waals surface area contributed by atoms with E-state index in [2.05, 4.69) is 25.9 Å². The molecule has 188 valence electrons. The maximum Gasteiger partial charge on any atom is 0.305 e. The second kappa shape index (κ2) is 13.5. The Bertz CT molecular complexity index is 1200. The van der Waals surface area contributed by atoms with Gasteiger partial charge in [0.25, 0.3) is 5.91 Å². The van der Waals surface area contributed by atoms with Gasteiger partial charge in [0.15, 0.2) is 0 Å². The van der Waals surface area contributed by atoms with E-state index >= 15 is 0 Å². The third kappa shape index (κ3) is 8.46. The smallest absolute Gasteiger partial charge is 0.305 e. The zero-order chi connectivity index (χ0) is 25.8. The molecule has 10 nitrogen and oxygen atoms in total. The lowest BCUT2D eigenvalue weighted by atomic mass is 10.1. The number of hydrogen-bond donors (Lipinski definition) is 4. The monoisotopic (exact) mass is 491 g/mol. The van der Waals surface area contributed by atoms with Gasteiger partial charge in [0, 0.05) is 24.2 Å². The molecule has 0 bridgehead atoms. The maximum absolute atomic E-state index is 12.4. The number of aromatic nitrogens is 2. The first-order valence-corrected chi connectivity index (χ1v) is 11.8. The van der Waals surface area contributed by atoms with Gasteiger partial charge in [-0.15, -0.1) is 0 Å². The van der Waals surface area contributed by atoms with E-state index in [0.717, 1.165) is 36.0 Å². The SMILES string of the molecule is O=C[C@H](CC(=O)O)NC(=O)CCCCCCNC(=O)c1ccc(Nc2cnc3ccccc3n2)cc1. The van der Waals surface area contributed by atoms with Gasteiger partial charge in [-0.25, -0.2) is 4.98 Å². The zero-order valence-corrected chi connectivity index (χ0v) is 19.8. The highest BCUT2D eigenvalue weighted by Crippen LogP contribution is 2.17. The average Bonchev–Trinajstić information content (AvgIpc) is 2.87. The number of benzene rings is 2. The number of amides is 2. The van der Waals surface area contributed by atoms with Crippen molar-refractivity contribution in [3.05, 3.63) is 60.3 Å². The molecule has 3 aromatic rings. The number of nitrogens with one attached hydrogen (secondary N) is 3. The summed E-state index contributed by atoms with van der Waals surface area (Å²) in [7, 11) is 0. The number of nitrogens with zero attached hydrogens (tertiary/aromatic N) is 2. The van der Waals surface area contributed by atoms with E-state index in [9.17, 15) is 19.2 Å². The molecule has 0 saturated heterocycles. The van der Waals surface area contributed by atoms with E-state index in [4.69, 9.17) is 5.11 Å². The van der Waals surface area contributed by atoms with Crippen LogP contribution in [0.3, 0.4) is 0 Å². The molecule has 0 spiro atoms. The summed E-state index contributed by atoms with van der Waals surface area (Å²) in [5.41, 5.74) is 2.96. The minimum atomic E-state index is -1.14. The number of carbonyl (C=O) groups excluding carboxylic acids is 3. The van der Waals surface area contributed by atoms with E-state index in [1.807, 2.05) is 36.4 Å². The fraction of sp³-hybridized carbons (Fsp3) is 0.308. The number of fused-ring (bicyclic) bond motifs is 1. The van der Waals surface area contributed by atoms with Crippen molar-refractivity contribution in [2.75, 3.05) is 11.9 Å². The Hall–Kier alpha value is -4.34. The first kappa shape index (κ1) is 26.3. The molecule has 2 aromatic carbocycles. The molecule has 0 saturated carbocycles. The van der Waals surface area contributed by atoms with Gasteiger partial charge in [-0.2, -0.15) is 0 Å². The average molecular weight is 492 g/mol. The van der Waals surface area contributed by atoms with Gasteiger partial charge in [-0.1, -0.05) is 25.0 Å². The highest BCUT2D eigenvalue weighted by Gasteiger charge is 2.14. The van der Waals surface area contributed by atoms with E-state index in [1.165, 1.54) is 0 Å². The number of carbonyl (C=O) groups is 4. The normalized spacial score (nSPS) is 11.4. The Morgan fingerprint density at radius 1 is 0.944 bits per heavy atom. The Morgan fingerprint density at radius 3 is 2.39 bits per heavy atom. The van der Waals surface area contributed by atoms with Crippen LogP contribution >= 0.6 is 0 Å². The summed E-state index contributed by atoms with van der Waals surface area (Å²) in [6.45, 7) is 0.517. The van der Waals surface area contributed by atoms with Crippen LogP contribution in [0.15, 0.2) is 54.7 Å². The lowest BCUT2D eigenvalue weighted by Gasteiger charge is -2.10. The van der Waals surface area contributed by atoms with E-state index in [0.29, 0.717) is 30.6 Å². The summed E-state index contributed by atoms with van der Waals surface area (Å²) in [6.07, 6.45) is 4.89. The largest absolute Gasteiger partial charge is 0.481 e. The van der Waals surface area contributed by atoms with Crippen molar-refractivity contribution in [3.63, 3.8) is 0 Å². The molecule has 1 atom stereocenters. The van der Waals surface area contributed by atoms with Gasteiger partial charge in [0.2, 0.25) is 5.91 Å². The second-order valence-corrected chi connectivity index (χ2v) is 8.27. The molecular formula is C26H29N5O5. The number of para-hydroxylation sites is 2. The molecule has 1 heterocycles. The predicted molar refractivity (Wildman–Crippen MR) is 135 cm³/mol. The zero-order valence-electron chi connectivity index (χ0n) is 19.8. The third-order valence-electron chi connectivity index (χ3n) is 5.39. The summed E-state index contributed by atoms with van der Waals surface area (Å²) in [5, 5.41) is 17.2. The van der Waals surface area contributed by atoms with Gasteiger partial charge in [0.1, 0.15) is 12.1 Å². The van der Waals surface area contributed by atoms with Crippen molar-refractivity contribution in [2.45, 2.75) is 44.6 Å². The van der Waals surface area contributed by atoms with E-state index in [-0.39, 0.29) is 18.2 Å². The van der Waals surface area contributed by atoms with E-state index in [1.54, 1.807) is 18.3 Å². The number of hydrogen-bond acceptors (Lipinski definition) is 7. The van der Waals surface area contributed by atoms with Gasteiger partial charge in [-0.3, -0.25) is 19.4 Å². The molecule has 0 radical (unpaired) electrons. The van der Waals surface area contributed by atoms with Crippen molar-refractivity contribution in [1.29, 1.82) is 0 Å². The quantitative estimate of drug-likeness (QED) is 0.198. The number of carboxylic acid groups (broad SMARTS) is 1. The lowest BCUT2D eigenvalue weighted by Crippen LogP contribution is -2.37. The van der Waals surface area contributed by atoms with Crippen LogP contribution in [0, 0.1) is 0 Å². The molecular weight excluding hydrogens is 462 g/mol. The summed E-state index contributed by atoms with van der Waals surface area (Å²) in [6, 6.07) is 13.7. The van der Waals surface area contributed by atoms with Crippen molar-refractivity contribution in [2.24, 2.45) is 0 Å². The number of aldehydes is 1. The van der Waals surface area contributed by atoms with Gasteiger partial charge >= 0.3 is 5.97 Å². The number of carboxylic acids is 1. The molecule has 0 aliphatic heterocycles. The van der Waals surface area contributed by atoms with Crippen molar-refractivity contribution in [3.8, 4) is 0 Å². The summed E-state index contributed by atoms with van der Waals surface area (Å²) in [4.78, 5) is 54.5. The van der Waals surface area contributed by atoms with Crippen LogP contribution in [-0.2, 0) is 14.4 Å². The molecule has 0 fully saturated rings. The van der Waals surface area contributed by atoms with Crippen LogP contribution in [0.25, 0.3) is 11.0 Å². The minimum absolute atomic E-state index is 0.162. The van der Waals surface area contributed by atoms with Crippen LogP contribution in [0.1, 0.15) is 48.9 Å². The van der Waals surface area contributed by atoms with E-state index < -0.39 is 18.4 Å². The molecule has 4 N–H and O–H groups in total. The number of aliphatic carboxylic acids is 1. The number of unbranched alkanes of at least 4 members (excludes halogenated alkanes) is 3. The number of rotatable bonds is 14. The Kier molecular flexibility index (Phi) is 9.87. The minimum Gasteiger partial charge on any atom is -0.481 e. The molecule has 2 amide bonds. The summed E-state index contributed by atoms with van der Waals surface area (Å²) in [5.74, 6) is -1.03. The first-order chi connectivity index (χ1) is 17.4. The molecule has 0 aliphatic carbocycles. The topological polar surface area (TPSA) is 150 Å². The standard InChI is InChI=1S/C26H29N5O5/c32-17-20(15-25(34)35)30-24(33)9-3-1-2-6-14-27-26(36)18-10-12-19(13-11-18)29-23-16-28-21-7-4-5-8-22(21)31-23/h4-5,7-8,10-13,16-17,20H,1-3,6,9,14-15H2,(H,27,36)(H,29,31)(H,30,33)(H,34,35)/t20-/m0/s1. The van der Waals surface area contributed by atoms with Crippen LogP contribution in [0.5, 0.6) is 0 Å². The fourth-order valence-corrected chi connectivity index (χ4v) is 3.54. The maximum atomic E-state index is 12.4. The van der Waals surface area contributed by atoms with Gasteiger partial charge in [-0.05, 0) is 49.2 Å². The number of anilines is 2. The predicted octanol–water partition coefficient (Wildman–Crippen LogP) is 3.21. The van der Waals surface area contributed by atoms with Crippen molar-refractivity contribution < 1.29 is 24.3 Å². The highest BCUT2D eigenvalue weighted by atomic mass is 16.4. The Morgan fingerprint density at radius 2 is 1.67 bits per heavy atom. The summed E-state index contributed by atoms with van der Waals surface area (Å²) < 4.78 is 0. The van der Waals surface area contributed by atoms with Gasteiger partial charge < -0.3 is 25.9 Å². The molecule has 0 aliphatic rings. The van der Waals surface area contributed by atoms with Crippen molar-refractivity contribution >= 4 is 46.6 Å². The second-order valence-electron chi connectivity index (χ2n) is 8.27. The molecule has 10 heteroatoms. The molecule has 0 unspecified atom stereocenters. The van der Waals surface area contributed by atoms with Crippen LogP contribution in [0.4, 0.5) is 11.5 Å². The fourth-order valence-electron chi connectivity index (χ4n) is 3.54.